The first-order valence-electron chi connectivity index (χ1n) is 6.92. The first-order valence-corrected chi connectivity index (χ1v) is 9.45. The fourth-order valence-corrected chi connectivity index (χ4v) is 3.81. The van der Waals surface area contributed by atoms with Crippen molar-refractivity contribution in [3.8, 4) is 11.3 Å². The van der Waals surface area contributed by atoms with Gasteiger partial charge in [0.25, 0.3) is 0 Å². The Balaban J connectivity index is 2.11. The van der Waals surface area contributed by atoms with Crippen LogP contribution in [0, 0.1) is 5.41 Å². The minimum absolute atomic E-state index is 0.0750. The fourth-order valence-electron chi connectivity index (χ4n) is 1.89. The van der Waals surface area contributed by atoms with Crippen molar-refractivity contribution in [3.05, 3.63) is 29.6 Å². The average molecular weight is 367 g/mol. The Kier molecular flexibility index (Phi) is 5.52. The summed E-state index contributed by atoms with van der Waals surface area (Å²) < 4.78 is 24.3. The van der Waals surface area contributed by atoms with Crippen LogP contribution in [0.25, 0.3) is 11.3 Å². The molecule has 0 saturated heterocycles. The Morgan fingerprint density at radius 2 is 2.00 bits per heavy atom. The van der Waals surface area contributed by atoms with Crippen LogP contribution in [-0.4, -0.2) is 37.6 Å². The van der Waals surface area contributed by atoms with E-state index in [0.29, 0.717) is 10.8 Å². The number of nitrogens with two attached hydrogens (primary N) is 1. The van der Waals surface area contributed by atoms with E-state index in [1.165, 1.54) is 30.4 Å². The van der Waals surface area contributed by atoms with E-state index in [-0.39, 0.29) is 29.1 Å². The van der Waals surface area contributed by atoms with Gasteiger partial charge < -0.3 is 16.4 Å². The number of benzene rings is 1. The number of hydrogen-bond donors (Lipinski definition) is 4. The minimum atomic E-state index is -3.46. The molecule has 10 heteroatoms. The van der Waals surface area contributed by atoms with Gasteiger partial charge in [0, 0.05) is 24.4 Å². The largest absolute Gasteiger partial charge is 0.370 e. The summed E-state index contributed by atoms with van der Waals surface area (Å²) in [6.45, 7) is 1.48. The minimum Gasteiger partial charge on any atom is -0.370 e. The number of hydrogen-bond acceptors (Lipinski definition) is 6. The van der Waals surface area contributed by atoms with Crippen LogP contribution in [0.4, 0.5) is 5.13 Å². The molecule has 0 bridgehead atoms. The van der Waals surface area contributed by atoms with Crippen LogP contribution in [-0.2, 0) is 14.6 Å². The zero-order chi connectivity index (χ0) is 17.7. The van der Waals surface area contributed by atoms with Crippen molar-refractivity contribution in [1.82, 2.24) is 10.3 Å². The molecule has 1 aromatic carbocycles. The molecule has 0 unspecified atom stereocenters. The molecule has 0 aliphatic rings. The van der Waals surface area contributed by atoms with Crippen LogP contribution < -0.4 is 16.4 Å². The van der Waals surface area contributed by atoms with Crippen LogP contribution >= 0.6 is 11.3 Å². The number of thiazole rings is 1. The summed E-state index contributed by atoms with van der Waals surface area (Å²) in [6, 6.07) is 6.35. The van der Waals surface area contributed by atoms with Gasteiger partial charge in [-0.05, 0) is 12.1 Å². The molecule has 2 rings (SSSR count). The zero-order valence-electron chi connectivity index (χ0n) is 12.9. The van der Waals surface area contributed by atoms with Gasteiger partial charge in [0.05, 0.1) is 16.3 Å². The molecule has 0 atom stereocenters. The van der Waals surface area contributed by atoms with Crippen molar-refractivity contribution >= 4 is 38.2 Å². The zero-order valence-corrected chi connectivity index (χ0v) is 14.5. The summed E-state index contributed by atoms with van der Waals surface area (Å²) in [5, 5.41) is 14.4. The van der Waals surface area contributed by atoms with Gasteiger partial charge in [-0.1, -0.05) is 12.1 Å². The van der Waals surface area contributed by atoms with Gasteiger partial charge in [0.15, 0.2) is 20.9 Å². The Morgan fingerprint density at radius 1 is 1.33 bits per heavy atom. The quantitative estimate of drug-likeness (QED) is 0.444. The smallest absolute Gasteiger partial charge is 0.223 e. The van der Waals surface area contributed by atoms with Gasteiger partial charge in [-0.2, -0.15) is 0 Å². The molecular formula is C14H17N5O3S2. The van der Waals surface area contributed by atoms with Crippen LogP contribution in [0.15, 0.2) is 34.5 Å². The third-order valence-electron chi connectivity index (χ3n) is 2.98. The molecule has 1 amide bonds. The molecule has 0 spiro atoms. The maximum absolute atomic E-state index is 12.2. The predicted molar refractivity (Wildman–Crippen MR) is 93.8 cm³/mol. The highest BCUT2D eigenvalue weighted by atomic mass is 32.2. The third-order valence-corrected chi connectivity index (χ3v) is 5.47. The van der Waals surface area contributed by atoms with E-state index in [1.54, 1.807) is 17.5 Å². The molecule has 8 nitrogen and oxygen atoms in total. The monoisotopic (exact) mass is 367 g/mol. The maximum Gasteiger partial charge on any atom is 0.223 e. The first-order chi connectivity index (χ1) is 11.3. The van der Waals surface area contributed by atoms with Crippen molar-refractivity contribution < 1.29 is 13.2 Å². The van der Waals surface area contributed by atoms with Gasteiger partial charge in [-0.15, -0.1) is 11.3 Å². The first kappa shape index (κ1) is 17.9. The number of anilines is 1. The van der Waals surface area contributed by atoms with Gasteiger partial charge >= 0.3 is 0 Å². The molecule has 24 heavy (non-hydrogen) atoms. The number of carbonyl (C=O) groups is 1. The summed E-state index contributed by atoms with van der Waals surface area (Å²) in [4.78, 5) is 15.5. The predicted octanol–water partition coefficient (Wildman–Crippen LogP) is 1.03. The highest BCUT2D eigenvalue weighted by Crippen LogP contribution is 2.26. The summed E-state index contributed by atoms with van der Waals surface area (Å²) in [5.74, 6) is -0.620. The SMILES string of the molecule is CC(=O)Nc1nc(-c2ccc(S(=O)(=O)CCNC(=N)N)cc2)cs1. The van der Waals surface area contributed by atoms with Crippen molar-refractivity contribution in [2.24, 2.45) is 5.73 Å². The summed E-state index contributed by atoms with van der Waals surface area (Å²) in [7, 11) is -3.46. The van der Waals surface area contributed by atoms with Gasteiger partial charge in [-0.25, -0.2) is 13.4 Å². The average Bonchev–Trinajstić information content (AvgIpc) is 2.94. The van der Waals surface area contributed by atoms with E-state index in [9.17, 15) is 13.2 Å². The van der Waals surface area contributed by atoms with E-state index in [4.69, 9.17) is 11.1 Å². The second kappa shape index (κ2) is 7.41. The Bertz CT molecular complexity index is 844. The summed E-state index contributed by atoms with van der Waals surface area (Å²) in [5.41, 5.74) is 6.53. The lowest BCUT2D eigenvalue weighted by Gasteiger charge is -2.06. The van der Waals surface area contributed by atoms with Crippen LogP contribution in [0.2, 0.25) is 0 Å². The number of carbonyl (C=O) groups excluding carboxylic acids is 1. The highest BCUT2D eigenvalue weighted by molar-refractivity contribution is 7.91. The third kappa shape index (κ3) is 4.77. The molecule has 1 heterocycles. The van der Waals surface area contributed by atoms with E-state index in [1.807, 2.05) is 0 Å². The molecule has 0 aliphatic heterocycles. The van der Waals surface area contributed by atoms with Gasteiger partial charge in [0.1, 0.15) is 0 Å². The summed E-state index contributed by atoms with van der Waals surface area (Å²) in [6.07, 6.45) is 0. The van der Waals surface area contributed by atoms with Gasteiger partial charge in [0.2, 0.25) is 5.91 Å². The number of sulfone groups is 1. The van der Waals surface area contributed by atoms with Crippen molar-refractivity contribution in [1.29, 1.82) is 5.41 Å². The molecule has 2 aromatic rings. The molecule has 0 fully saturated rings. The van der Waals surface area contributed by atoms with Gasteiger partial charge in [-0.3, -0.25) is 10.2 Å². The van der Waals surface area contributed by atoms with Crippen LogP contribution in [0.5, 0.6) is 0 Å². The Morgan fingerprint density at radius 3 is 2.58 bits per heavy atom. The van der Waals surface area contributed by atoms with E-state index in [0.717, 1.165) is 5.56 Å². The second-order valence-corrected chi connectivity index (χ2v) is 7.87. The lowest BCUT2D eigenvalue weighted by atomic mass is 10.2. The number of amides is 1. The molecule has 1 aromatic heterocycles. The van der Waals surface area contributed by atoms with Crippen LogP contribution in [0.3, 0.4) is 0 Å². The summed E-state index contributed by atoms with van der Waals surface area (Å²) >= 11 is 1.29. The Hall–Kier alpha value is -2.46. The molecular weight excluding hydrogens is 350 g/mol. The molecule has 128 valence electrons. The number of guanidine groups is 1. The maximum atomic E-state index is 12.2. The van der Waals surface area contributed by atoms with E-state index in [2.05, 4.69) is 15.6 Å². The standard InChI is InChI=1S/C14H17N5O3S2/c1-9(20)18-14-19-12(8-23-14)10-2-4-11(5-3-10)24(21,22)7-6-17-13(15)16/h2-5,8H,6-7H2,1H3,(H4,15,16,17)(H,18,19,20). The number of rotatable bonds is 6. The molecule has 0 saturated carbocycles. The molecule has 5 N–H and O–H groups in total. The highest BCUT2D eigenvalue weighted by Gasteiger charge is 2.14. The normalized spacial score (nSPS) is 11.0. The number of nitrogens with one attached hydrogen (secondary N) is 3. The van der Waals surface area contributed by atoms with Crippen LogP contribution in [0.1, 0.15) is 6.92 Å². The lowest BCUT2D eigenvalue weighted by Crippen LogP contribution is -2.34. The van der Waals surface area contributed by atoms with Crippen molar-refractivity contribution in [3.63, 3.8) is 0 Å². The number of aromatic nitrogens is 1. The van der Waals surface area contributed by atoms with Crippen molar-refractivity contribution in [2.45, 2.75) is 11.8 Å². The number of nitrogens with zero attached hydrogens (tertiary/aromatic N) is 1. The lowest BCUT2D eigenvalue weighted by molar-refractivity contribution is -0.114. The molecule has 0 aliphatic carbocycles. The van der Waals surface area contributed by atoms with E-state index >= 15 is 0 Å². The molecule has 0 radical (unpaired) electrons. The topological polar surface area (TPSA) is 138 Å². The van der Waals surface area contributed by atoms with E-state index < -0.39 is 9.84 Å². The second-order valence-electron chi connectivity index (χ2n) is 4.90. The van der Waals surface area contributed by atoms with Crippen molar-refractivity contribution in [2.75, 3.05) is 17.6 Å². The fraction of sp³-hybridized carbons (Fsp3) is 0.214. The Labute approximate surface area is 143 Å².